The van der Waals surface area contributed by atoms with E-state index in [1.807, 2.05) is 6.92 Å². The molecule has 4 nitrogen and oxygen atoms in total. The molecule has 15 heavy (non-hydrogen) atoms. The minimum atomic E-state index is -1.03. The molecule has 0 radical (unpaired) electrons. The standard InChI is InChI=1S/C11H21NO3/c1-5-6-7-9(8-13)12(10(14)15)11(2,3)4/h8-9H,5-7H2,1-4H3,(H,14,15)/t9-/m0/s1. The van der Waals surface area contributed by atoms with Gasteiger partial charge in [0.25, 0.3) is 0 Å². The number of nitrogens with zero attached hydrogens (tertiary/aromatic N) is 1. The summed E-state index contributed by atoms with van der Waals surface area (Å²) in [6.45, 7) is 7.40. The van der Waals surface area contributed by atoms with E-state index in [1.165, 1.54) is 4.90 Å². The maximum absolute atomic E-state index is 11.1. The van der Waals surface area contributed by atoms with Gasteiger partial charge in [-0.15, -0.1) is 0 Å². The van der Waals surface area contributed by atoms with Gasteiger partial charge in [0.15, 0.2) is 0 Å². The van der Waals surface area contributed by atoms with Crippen molar-refractivity contribution >= 4 is 12.4 Å². The van der Waals surface area contributed by atoms with Gasteiger partial charge in [-0.25, -0.2) is 4.79 Å². The molecular formula is C11H21NO3. The summed E-state index contributed by atoms with van der Waals surface area (Å²) in [5.41, 5.74) is -0.537. The van der Waals surface area contributed by atoms with Crippen molar-refractivity contribution in [2.24, 2.45) is 0 Å². The quantitative estimate of drug-likeness (QED) is 0.717. The third-order valence-corrected chi connectivity index (χ3v) is 2.27. The molecule has 0 rings (SSSR count). The van der Waals surface area contributed by atoms with Crippen LogP contribution in [0.2, 0.25) is 0 Å². The second-order valence-corrected chi connectivity index (χ2v) is 4.67. The predicted molar refractivity (Wildman–Crippen MR) is 59.0 cm³/mol. The summed E-state index contributed by atoms with van der Waals surface area (Å²) in [6, 6.07) is -0.526. The van der Waals surface area contributed by atoms with Crippen LogP contribution < -0.4 is 0 Å². The Morgan fingerprint density at radius 3 is 2.27 bits per heavy atom. The number of amides is 1. The molecule has 0 fully saturated rings. The van der Waals surface area contributed by atoms with E-state index in [2.05, 4.69) is 0 Å². The fourth-order valence-corrected chi connectivity index (χ4v) is 1.60. The van der Waals surface area contributed by atoms with Crippen molar-refractivity contribution in [2.75, 3.05) is 0 Å². The molecule has 1 N–H and O–H groups in total. The Morgan fingerprint density at radius 1 is 1.47 bits per heavy atom. The van der Waals surface area contributed by atoms with Crippen molar-refractivity contribution in [2.45, 2.75) is 58.5 Å². The normalized spacial score (nSPS) is 13.3. The van der Waals surface area contributed by atoms with Crippen LogP contribution in [0.25, 0.3) is 0 Å². The number of rotatable bonds is 5. The molecule has 1 atom stereocenters. The zero-order chi connectivity index (χ0) is 12.1. The van der Waals surface area contributed by atoms with Crippen molar-refractivity contribution in [1.29, 1.82) is 0 Å². The second-order valence-electron chi connectivity index (χ2n) is 4.67. The molecule has 0 heterocycles. The molecule has 0 bridgehead atoms. The summed E-state index contributed by atoms with van der Waals surface area (Å²) in [5.74, 6) is 0. The first-order valence-corrected chi connectivity index (χ1v) is 5.32. The number of hydrogen-bond acceptors (Lipinski definition) is 2. The Hall–Kier alpha value is -1.06. The smallest absolute Gasteiger partial charge is 0.408 e. The van der Waals surface area contributed by atoms with Gasteiger partial charge >= 0.3 is 6.09 Å². The molecule has 0 saturated heterocycles. The molecule has 1 amide bonds. The molecule has 88 valence electrons. The van der Waals surface area contributed by atoms with E-state index in [0.717, 1.165) is 19.1 Å². The highest BCUT2D eigenvalue weighted by atomic mass is 16.4. The van der Waals surface area contributed by atoms with Gasteiger partial charge in [-0.3, -0.25) is 4.90 Å². The SMILES string of the molecule is CCCC[C@@H](C=O)N(C(=O)O)C(C)(C)C. The molecule has 0 unspecified atom stereocenters. The van der Waals surface area contributed by atoms with Gasteiger partial charge in [-0.1, -0.05) is 19.8 Å². The van der Waals surface area contributed by atoms with E-state index in [4.69, 9.17) is 5.11 Å². The van der Waals surface area contributed by atoms with Gasteiger partial charge < -0.3 is 9.90 Å². The van der Waals surface area contributed by atoms with E-state index in [9.17, 15) is 9.59 Å². The summed E-state index contributed by atoms with van der Waals surface area (Å²) in [7, 11) is 0. The third-order valence-electron chi connectivity index (χ3n) is 2.27. The van der Waals surface area contributed by atoms with E-state index in [-0.39, 0.29) is 0 Å². The van der Waals surface area contributed by atoms with Gasteiger partial charge in [0.05, 0.1) is 6.04 Å². The molecule has 0 aromatic rings. The maximum atomic E-state index is 11.1. The summed E-state index contributed by atoms with van der Waals surface area (Å²) in [5, 5.41) is 9.08. The molecule has 0 aromatic heterocycles. The molecule has 0 aliphatic heterocycles. The summed E-state index contributed by atoms with van der Waals surface area (Å²) in [4.78, 5) is 23.2. The number of unbranched alkanes of at least 4 members (excludes halogenated alkanes) is 1. The zero-order valence-corrected chi connectivity index (χ0v) is 9.99. The number of carboxylic acid groups (broad SMARTS) is 1. The Morgan fingerprint density at radius 2 is 2.00 bits per heavy atom. The highest BCUT2D eigenvalue weighted by molar-refractivity contribution is 5.72. The monoisotopic (exact) mass is 215 g/mol. The molecule has 0 aliphatic carbocycles. The molecule has 0 spiro atoms. The molecule has 0 aliphatic rings. The third kappa shape index (κ3) is 4.32. The maximum Gasteiger partial charge on any atom is 0.408 e. The molecule has 0 aromatic carbocycles. The first kappa shape index (κ1) is 13.9. The van der Waals surface area contributed by atoms with E-state index < -0.39 is 17.7 Å². The van der Waals surface area contributed by atoms with Crippen LogP contribution in [-0.2, 0) is 4.79 Å². The minimum Gasteiger partial charge on any atom is -0.465 e. The number of carbonyl (C=O) groups excluding carboxylic acids is 1. The molecule has 4 heteroatoms. The molecule has 0 saturated carbocycles. The van der Waals surface area contributed by atoms with Crippen molar-refractivity contribution in [3.05, 3.63) is 0 Å². The van der Waals surface area contributed by atoms with E-state index in [1.54, 1.807) is 20.8 Å². The van der Waals surface area contributed by atoms with Gasteiger partial charge in [0.1, 0.15) is 6.29 Å². The summed E-state index contributed by atoms with van der Waals surface area (Å²) >= 11 is 0. The summed E-state index contributed by atoms with van der Waals surface area (Å²) < 4.78 is 0. The van der Waals surface area contributed by atoms with Crippen LogP contribution in [0.4, 0.5) is 4.79 Å². The molecular weight excluding hydrogens is 194 g/mol. The average molecular weight is 215 g/mol. The van der Waals surface area contributed by atoms with Crippen molar-refractivity contribution in [3.8, 4) is 0 Å². The van der Waals surface area contributed by atoms with Crippen LogP contribution in [0.3, 0.4) is 0 Å². The van der Waals surface area contributed by atoms with Crippen molar-refractivity contribution < 1.29 is 14.7 Å². The largest absolute Gasteiger partial charge is 0.465 e. The first-order chi connectivity index (χ1) is 6.84. The van der Waals surface area contributed by atoms with E-state index in [0.29, 0.717) is 6.42 Å². The predicted octanol–water partition coefficient (Wildman–Crippen LogP) is 2.52. The second kappa shape index (κ2) is 5.73. The van der Waals surface area contributed by atoms with Crippen molar-refractivity contribution in [3.63, 3.8) is 0 Å². The Bertz CT molecular complexity index is 220. The van der Waals surface area contributed by atoms with Crippen LogP contribution in [-0.4, -0.2) is 34.0 Å². The summed E-state index contributed by atoms with van der Waals surface area (Å²) in [6.07, 6.45) is 2.12. The van der Waals surface area contributed by atoms with Gasteiger partial charge in [-0.2, -0.15) is 0 Å². The highest BCUT2D eigenvalue weighted by Crippen LogP contribution is 2.19. The van der Waals surface area contributed by atoms with E-state index >= 15 is 0 Å². The zero-order valence-electron chi connectivity index (χ0n) is 9.99. The Labute approximate surface area is 91.3 Å². The Kier molecular flexibility index (Phi) is 5.33. The fourth-order valence-electron chi connectivity index (χ4n) is 1.60. The lowest BCUT2D eigenvalue weighted by Gasteiger charge is -2.37. The van der Waals surface area contributed by atoms with Crippen LogP contribution in [0.5, 0.6) is 0 Å². The number of aldehydes is 1. The number of carbonyl (C=O) groups is 2. The van der Waals surface area contributed by atoms with Gasteiger partial charge in [0.2, 0.25) is 0 Å². The van der Waals surface area contributed by atoms with Gasteiger partial charge in [0, 0.05) is 5.54 Å². The lowest BCUT2D eigenvalue weighted by Crippen LogP contribution is -2.51. The first-order valence-electron chi connectivity index (χ1n) is 5.32. The Balaban J connectivity index is 4.71. The van der Waals surface area contributed by atoms with Gasteiger partial charge in [-0.05, 0) is 27.2 Å². The lowest BCUT2D eigenvalue weighted by atomic mass is 10.0. The fraction of sp³-hybridized carbons (Fsp3) is 0.818. The number of hydrogen-bond donors (Lipinski definition) is 1. The van der Waals surface area contributed by atoms with Crippen LogP contribution in [0.15, 0.2) is 0 Å². The van der Waals surface area contributed by atoms with Crippen LogP contribution >= 0.6 is 0 Å². The highest BCUT2D eigenvalue weighted by Gasteiger charge is 2.32. The lowest BCUT2D eigenvalue weighted by molar-refractivity contribution is -0.113. The average Bonchev–Trinajstić information content (AvgIpc) is 2.08. The van der Waals surface area contributed by atoms with Crippen molar-refractivity contribution in [1.82, 2.24) is 4.90 Å². The minimum absolute atomic E-state index is 0.526. The van der Waals surface area contributed by atoms with Crippen LogP contribution in [0, 0.1) is 0 Å². The topological polar surface area (TPSA) is 57.6 Å². The van der Waals surface area contributed by atoms with Crippen LogP contribution in [0.1, 0.15) is 47.0 Å².